The molecule has 1 aliphatic heterocycles. The van der Waals surface area contributed by atoms with Gasteiger partial charge in [-0.2, -0.15) is 0 Å². The fraction of sp³-hybridized carbons (Fsp3) is 0.259. The molecule has 1 aliphatic rings. The van der Waals surface area contributed by atoms with Crippen molar-refractivity contribution in [1.29, 1.82) is 0 Å². The molecule has 0 saturated carbocycles. The van der Waals surface area contributed by atoms with Crippen molar-refractivity contribution in [2.24, 2.45) is 0 Å². The van der Waals surface area contributed by atoms with E-state index < -0.39 is 10.0 Å². The van der Waals surface area contributed by atoms with Gasteiger partial charge in [0.2, 0.25) is 0 Å². The fourth-order valence-electron chi connectivity index (χ4n) is 4.13. The molecule has 1 atom stereocenters. The third kappa shape index (κ3) is 4.87. The highest BCUT2D eigenvalue weighted by Crippen LogP contribution is 2.32. The molecular formula is C27H27NO5S. The van der Waals surface area contributed by atoms with Crippen molar-refractivity contribution in [3.63, 3.8) is 0 Å². The quantitative estimate of drug-likeness (QED) is 0.335. The average Bonchev–Trinajstić information content (AvgIpc) is 3.33. The summed E-state index contributed by atoms with van der Waals surface area (Å²) in [5, 5.41) is 0.730. The van der Waals surface area contributed by atoms with E-state index in [2.05, 4.69) is 0 Å². The zero-order chi connectivity index (χ0) is 23.4. The Balaban J connectivity index is 1.51. The van der Waals surface area contributed by atoms with Crippen molar-refractivity contribution in [1.82, 2.24) is 3.97 Å². The summed E-state index contributed by atoms with van der Waals surface area (Å²) >= 11 is 0. The lowest BCUT2D eigenvalue weighted by Gasteiger charge is -2.23. The lowest BCUT2D eigenvalue weighted by Crippen LogP contribution is -2.22. The van der Waals surface area contributed by atoms with Crippen LogP contribution in [0.4, 0.5) is 0 Å². The SMILES string of the molecule is O=S(=O)(c1ccccc1)n1ccc2c(OCc3ccccc3)cc(COC3CCCCO3)cc21. The highest BCUT2D eigenvalue weighted by Gasteiger charge is 2.21. The van der Waals surface area contributed by atoms with E-state index in [1.54, 1.807) is 42.6 Å². The standard InChI is InChI=1S/C27H27NO5S/c29-34(30,23-11-5-2-6-12-23)28-15-14-24-25(28)17-22(20-33-27-13-7-8-16-31-27)18-26(24)32-19-21-9-3-1-4-10-21/h1-6,9-12,14-15,17-18,27H,7-8,13,16,19-20H2. The minimum absolute atomic E-state index is 0.233. The predicted molar refractivity (Wildman–Crippen MR) is 130 cm³/mol. The van der Waals surface area contributed by atoms with Gasteiger partial charge < -0.3 is 14.2 Å². The number of hydrogen-bond acceptors (Lipinski definition) is 5. The van der Waals surface area contributed by atoms with Crippen LogP contribution >= 0.6 is 0 Å². The maximum Gasteiger partial charge on any atom is 0.268 e. The molecule has 1 fully saturated rings. The lowest BCUT2D eigenvalue weighted by molar-refractivity contribution is -0.168. The molecule has 1 saturated heterocycles. The zero-order valence-electron chi connectivity index (χ0n) is 18.8. The van der Waals surface area contributed by atoms with Gasteiger partial charge in [0, 0.05) is 18.2 Å². The number of rotatable bonds is 8. The van der Waals surface area contributed by atoms with Gasteiger partial charge in [0.1, 0.15) is 12.4 Å². The van der Waals surface area contributed by atoms with Crippen LogP contribution in [0.3, 0.4) is 0 Å². The van der Waals surface area contributed by atoms with Gasteiger partial charge in [-0.25, -0.2) is 12.4 Å². The first-order chi connectivity index (χ1) is 16.6. The van der Waals surface area contributed by atoms with Crippen molar-refractivity contribution in [3.8, 4) is 5.75 Å². The third-order valence-electron chi connectivity index (χ3n) is 5.91. The fourth-order valence-corrected chi connectivity index (χ4v) is 5.48. The molecule has 0 N–H and O–H groups in total. The zero-order valence-corrected chi connectivity index (χ0v) is 19.6. The molecule has 34 heavy (non-hydrogen) atoms. The van der Waals surface area contributed by atoms with E-state index >= 15 is 0 Å². The number of aromatic nitrogens is 1. The van der Waals surface area contributed by atoms with E-state index in [0.717, 1.165) is 35.8 Å². The van der Waals surface area contributed by atoms with Gasteiger partial charge in [0.05, 0.1) is 17.0 Å². The summed E-state index contributed by atoms with van der Waals surface area (Å²) in [6, 6.07) is 23.9. The van der Waals surface area contributed by atoms with Gasteiger partial charge in [-0.05, 0) is 60.7 Å². The Bertz CT molecular complexity index is 1340. The molecule has 176 valence electrons. The van der Waals surface area contributed by atoms with Crippen LogP contribution in [0.1, 0.15) is 30.4 Å². The van der Waals surface area contributed by atoms with E-state index in [4.69, 9.17) is 14.2 Å². The summed E-state index contributed by atoms with van der Waals surface area (Å²) in [5.41, 5.74) is 2.41. The molecule has 1 aromatic heterocycles. The maximum absolute atomic E-state index is 13.4. The highest BCUT2D eigenvalue weighted by molar-refractivity contribution is 7.90. The normalized spacial score (nSPS) is 16.5. The molecule has 7 heteroatoms. The van der Waals surface area contributed by atoms with Gasteiger partial charge in [-0.15, -0.1) is 0 Å². The van der Waals surface area contributed by atoms with E-state index in [1.165, 1.54) is 3.97 Å². The maximum atomic E-state index is 13.4. The second-order valence-corrected chi connectivity index (χ2v) is 10.2. The Morgan fingerprint density at radius 1 is 0.882 bits per heavy atom. The van der Waals surface area contributed by atoms with Gasteiger partial charge in [0.25, 0.3) is 10.0 Å². The lowest BCUT2D eigenvalue weighted by atomic mass is 10.1. The minimum Gasteiger partial charge on any atom is -0.488 e. The number of benzene rings is 3. The molecule has 5 rings (SSSR count). The highest BCUT2D eigenvalue weighted by atomic mass is 32.2. The number of fused-ring (bicyclic) bond motifs is 1. The van der Waals surface area contributed by atoms with Gasteiger partial charge >= 0.3 is 0 Å². The Labute approximate surface area is 199 Å². The van der Waals surface area contributed by atoms with Crippen LogP contribution in [0.5, 0.6) is 5.75 Å². The average molecular weight is 478 g/mol. The van der Waals surface area contributed by atoms with Gasteiger partial charge in [-0.3, -0.25) is 0 Å². The second kappa shape index (κ2) is 10.0. The van der Waals surface area contributed by atoms with Crippen LogP contribution in [0.25, 0.3) is 10.9 Å². The molecule has 3 aromatic carbocycles. The monoisotopic (exact) mass is 477 g/mol. The summed E-state index contributed by atoms with van der Waals surface area (Å²) in [7, 11) is -3.76. The smallest absolute Gasteiger partial charge is 0.268 e. The first kappa shape index (κ1) is 22.7. The first-order valence-electron chi connectivity index (χ1n) is 11.5. The van der Waals surface area contributed by atoms with Crippen molar-refractivity contribution >= 4 is 20.9 Å². The molecule has 0 radical (unpaired) electrons. The number of hydrogen-bond donors (Lipinski definition) is 0. The van der Waals surface area contributed by atoms with Crippen LogP contribution in [-0.2, 0) is 32.7 Å². The molecule has 0 aliphatic carbocycles. The van der Waals surface area contributed by atoms with Crippen molar-refractivity contribution in [2.45, 2.75) is 43.7 Å². The number of nitrogens with zero attached hydrogens (tertiary/aromatic N) is 1. The third-order valence-corrected chi connectivity index (χ3v) is 7.61. The molecule has 4 aromatic rings. The minimum atomic E-state index is -3.76. The van der Waals surface area contributed by atoms with E-state index in [1.807, 2.05) is 42.5 Å². The van der Waals surface area contributed by atoms with Gasteiger partial charge in [-0.1, -0.05) is 48.5 Å². The Morgan fingerprint density at radius 2 is 1.65 bits per heavy atom. The Hall–Kier alpha value is -3.13. The summed E-state index contributed by atoms with van der Waals surface area (Å²) in [6.07, 6.45) is 4.33. The molecule has 0 amide bonds. The van der Waals surface area contributed by atoms with Crippen LogP contribution in [0, 0.1) is 0 Å². The molecule has 1 unspecified atom stereocenters. The van der Waals surface area contributed by atoms with Crippen LogP contribution in [0.2, 0.25) is 0 Å². The van der Waals surface area contributed by atoms with E-state index in [0.29, 0.717) is 31.1 Å². The van der Waals surface area contributed by atoms with Crippen molar-refractivity contribution in [3.05, 3.63) is 96.2 Å². The van der Waals surface area contributed by atoms with Crippen LogP contribution in [0.15, 0.2) is 90.0 Å². The van der Waals surface area contributed by atoms with E-state index in [9.17, 15) is 8.42 Å². The van der Waals surface area contributed by atoms with Crippen LogP contribution in [-0.4, -0.2) is 25.3 Å². The predicted octanol–water partition coefficient (Wildman–Crippen LogP) is 5.50. The summed E-state index contributed by atoms with van der Waals surface area (Å²) in [4.78, 5) is 0.233. The topological polar surface area (TPSA) is 66.8 Å². The van der Waals surface area contributed by atoms with Gasteiger partial charge in [0.15, 0.2) is 6.29 Å². The van der Waals surface area contributed by atoms with E-state index in [-0.39, 0.29) is 11.2 Å². The Kier molecular flexibility index (Phi) is 6.67. The van der Waals surface area contributed by atoms with Crippen LogP contribution < -0.4 is 4.74 Å². The van der Waals surface area contributed by atoms with Crippen molar-refractivity contribution < 1.29 is 22.6 Å². The molecule has 6 nitrogen and oxygen atoms in total. The largest absolute Gasteiger partial charge is 0.488 e. The van der Waals surface area contributed by atoms with Crippen molar-refractivity contribution in [2.75, 3.05) is 6.61 Å². The molecule has 2 heterocycles. The molecule has 0 bridgehead atoms. The second-order valence-electron chi connectivity index (χ2n) is 8.34. The first-order valence-corrected chi connectivity index (χ1v) is 12.9. The summed E-state index contributed by atoms with van der Waals surface area (Å²) in [5.74, 6) is 0.617. The summed E-state index contributed by atoms with van der Waals surface area (Å²) < 4.78 is 45.9. The number of ether oxygens (including phenoxy) is 3. The molecule has 0 spiro atoms. The molecular weight excluding hydrogens is 450 g/mol. The summed E-state index contributed by atoms with van der Waals surface area (Å²) in [6.45, 7) is 1.38. The Morgan fingerprint density at radius 3 is 2.38 bits per heavy atom.